The SMILES string of the molecule is Cc1cc(C)c(C(=O)N2CCC([C@@H]3OCCC3C(=O)O)CC2)o1. The Morgan fingerprint density at radius 3 is 2.48 bits per heavy atom. The summed E-state index contributed by atoms with van der Waals surface area (Å²) >= 11 is 0. The summed E-state index contributed by atoms with van der Waals surface area (Å²) < 4.78 is 11.2. The zero-order valence-corrected chi connectivity index (χ0v) is 13.6. The summed E-state index contributed by atoms with van der Waals surface area (Å²) in [4.78, 5) is 25.6. The number of piperidine rings is 1. The lowest BCUT2D eigenvalue weighted by Crippen LogP contribution is -2.43. The van der Waals surface area contributed by atoms with Crippen LogP contribution in [0.4, 0.5) is 0 Å². The average molecular weight is 321 g/mol. The molecule has 2 saturated heterocycles. The van der Waals surface area contributed by atoms with Crippen molar-refractivity contribution in [3.63, 3.8) is 0 Å². The third kappa shape index (κ3) is 3.13. The van der Waals surface area contributed by atoms with Gasteiger partial charge in [0.25, 0.3) is 5.91 Å². The lowest BCUT2D eigenvalue weighted by atomic mass is 9.84. The molecule has 6 heteroatoms. The van der Waals surface area contributed by atoms with E-state index < -0.39 is 11.9 Å². The van der Waals surface area contributed by atoms with Crippen molar-refractivity contribution in [2.45, 2.75) is 39.2 Å². The van der Waals surface area contributed by atoms with Crippen molar-refractivity contribution < 1.29 is 23.8 Å². The van der Waals surface area contributed by atoms with Crippen molar-refractivity contribution in [3.8, 4) is 0 Å². The van der Waals surface area contributed by atoms with Crippen LogP contribution in [0.5, 0.6) is 0 Å². The van der Waals surface area contributed by atoms with Gasteiger partial charge in [-0.25, -0.2) is 0 Å². The Labute approximate surface area is 135 Å². The second kappa shape index (κ2) is 6.35. The number of amides is 1. The number of hydrogen-bond donors (Lipinski definition) is 1. The highest BCUT2D eigenvalue weighted by Crippen LogP contribution is 2.33. The van der Waals surface area contributed by atoms with E-state index >= 15 is 0 Å². The lowest BCUT2D eigenvalue weighted by Gasteiger charge is -2.35. The zero-order valence-electron chi connectivity index (χ0n) is 13.6. The fourth-order valence-corrected chi connectivity index (χ4v) is 3.77. The Kier molecular flexibility index (Phi) is 4.43. The number of aliphatic carboxylic acids is 1. The first-order valence-electron chi connectivity index (χ1n) is 8.18. The fourth-order valence-electron chi connectivity index (χ4n) is 3.77. The number of carboxylic acid groups (broad SMARTS) is 1. The van der Waals surface area contributed by atoms with Crippen LogP contribution in [0.3, 0.4) is 0 Å². The highest BCUT2D eigenvalue weighted by atomic mass is 16.5. The first-order valence-corrected chi connectivity index (χ1v) is 8.18. The van der Waals surface area contributed by atoms with Gasteiger partial charge in [-0.1, -0.05) is 0 Å². The predicted octanol–water partition coefficient (Wildman–Crippen LogP) is 2.24. The quantitative estimate of drug-likeness (QED) is 0.923. The number of furan rings is 1. The van der Waals surface area contributed by atoms with E-state index in [1.165, 1.54) is 0 Å². The Hall–Kier alpha value is -1.82. The van der Waals surface area contributed by atoms with Gasteiger partial charge in [-0.15, -0.1) is 0 Å². The van der Waals surface area contributed by atoms with Gasteiger partial charge < -0.3 is 19.2 Å². The molecular formula is C17H23NO5. The highest BCUT2D eigenvalue weighted by Gasteiger charge is 2.41. The van der Waals surface area contributed by atoms with Crippen LogP contribution in [0, 0.1) is 25.7 Å². The van der Waals surface area contributed by atoms with E-state index in [2.05, 4.69) is 0 Å². The number of carboxylic acids is 1. The minimum absolute atomic E-state index is 0.0730. The monoisotopic (exact) mass is 321 g/mol. The molecule has 0 aromatic carbocycles. The van der Waals surface area contributed by atoms with Gasteiger partial charge in [0.2, 0.25) is 0 Å². The maximum absolute atomic E-state index is 12.5. The van der Waals surface area contributed by atoms with Crippen molar-refractivity contribution in [2.75, 3.05) is 19.7 Å². The molecule has 3 heterocycles. The van der Waals surface area contributed by atoms with Crippen molar-refractivity contribution >= 4 is 11.9 Å². The number of carbonyl (C=O) groups is 2. The third-order valence-corrected chi connectivity index (χ3v) is 4.98. The third-order valence-electron chi connectivity index (χ3n) is 4.98. The summed E-state index contributed by atoms with van der Waals surface area (Å²) in [6.07, 6.45) is 1.93. The molecule has 0 radical (unpaired) electrons. The molecule has 1 aromatic rings. The highest BCUT2D eigenvalue weighted by molar-refractivity contribution is 5.93. The van der Waals surface area contributed by atoms with Crippen molar-refractivity contribution in [3.05, 3.63) is 23.2 Å². The van der Waals surface area contributed by atoms with Crippen LogP contribution in [-0.4, -0.2) is 47.7 Å². The van der Waals surface area contributed by atoms with E-state index in [0.29, 0.717) is 31.9 Å². The van der Waals surface area contributed by atoms with Gasteiger partial charge in [0.1, 0.15) is 5.76 Å². The molecule has 6 nitrogen and oxygen atoms in total. The second-order valence-electron chi connectivity index (χ2n) is 6.57. The minimum atomic E-state index is -0.771. The van der Waals surface area contributed by atoms with E-state index in [1.54, 1.807) is 4.90 Å². The number of hydrogen-bond acceptors (Lipinski definition) is 4. The molecule has 2 fully saturated rings. The molecular weight excluding hydrogens is 298 g/mol. The van der Waals surface area contributed by atoms with Gasteiger partial charge in [-0.3, -0.25) is 9.59 Å². The Morgan fingerprint density at radius 2 is 1.91 bits per heavy atom. The summed E-state index contributed by atoms with van der Waals surface area (Å²) in [5.74, 6) is 0.119. The molecule has 1 amide bonds. The fraction of sp³-hybridized carbons (Fsp3) is 0.647. The van der Waals surface area contributed by atoms with E-state index in [1.807, 2.05) is 19.9 Å². The first-order chi connectivity index (χ1) is 11.0. The number of nitrogens with zero attached hydrogens (tertiary/aromatic N) is 1. The maximum Gasteiger partial charge on any atom is 0.309 e. The van der Waals surface area contributed by atoms with Gasteiger partial charge in [0, 0.05) is 25.3 Å². The van der Waals surface area contributed by atoms with Crippen LogP contribution in [-0.2, 0) is 9.53 Å². The van der Waals surface area contributed by atoms with Crippen molar-refractivity contribution in [1.82, 2.24) is 4.90 Å². The molecule has 0 saturated carbocycles. The number of likely N-dealkylation sites (tertiary alicyclic amines) is 1. The standard InChI is InChI=1S/C17H23NO5/c1-10-9-11(2)23-14(10)16(19)18-6-3-12(4-7-18)15-13(17(20)21)5-8-22-15/h9,12-13,15H,3-8H2,1-2H3,(H,20,21)/t13?,15-/m0/s1. The molecule has 2 aliphatic heterocycles. The van der Waals surface area contributed by atoms with Crippen molar-refractivity contribution in [2.24, 2.45) is 11.8 Å². The van der Waals surface area contributed by atoms with Gasteiger partial charge in [0.05, 0.1) is 12.0 Å². The molecule has 23 heavy (non-hydrogen) atoms. The van der Waals surface area contributed by atoms with Crippen LogP contribution in [0.1, 0.15) is 41.1 Å². The largest absolute Gasteiger partial charge is 0.481 e. The van der Waals surface area contributed by atoms with Crippen LogP contribution >= 0.6 is 0 Å². The molecule has 2 atom stereocenters. The van der Waals surface area contributed by atoms with E-state index in [9.17, 15) is 14.7 Å². The summed E-state index contributed by atoms with van der Waals surface area (Å²) in [6.45, 7) is 5.47. The van der Waals surface area contributed by atoms with Gasteiger partial charge >= 0.3 is 5.97 Å². The Bertz CT molecular complexity index is 600. The van der Waals surface area contributed by atoms with Gasteiger partial charge in [-0.05, 0) is 45.1 Å². The average Bonchev–Trinajstić information content (AvgIpc) is 3.13. The van der Waals surface area contributed by atoms with Crippen LogP contribution in [0.25, 0.3) is 0 Å². The Balaban J connectivity index is 1.61. The first kappa shape index (κ1) is 16.1. The number of aryl methyl sites for hydroxylation is 2. The second-order valence-corrected chi connectivity index (χ2v) is 6.57. The molecule has 1 unspecified atom stereocenters. The number of carbonyl (C=O) groups excluding carboxylic acids is 1. The van der Waals surface area contributed by atoms with Gasteiger partial charge in [-0.2, -0.15) is 0 Å². The predicted molar refractivity (Wildman–Crippen MR) is 82.3 cm³/mol. The number of rotatable bonds is 3. The summed E-state index contributed by atoms with van der Waals surface area (Å²) in [7, 11) is 0. The maximum atomic E-state index is 12.5. The number of ether oxygens (including phenoxy) is 1. The normalized spacial score (nSPS) is 25.7. The molecule has 0 aliphatic carbocycles. The molecule has 1 N–H and O–H groups in total. The summed E-state index contributed by atoms with van der Waals surface area (Å²) in [5, 5.41) is 9.28. The topological polar surface area (TPSA) is 80.0 Å². The van der Waals surface area contributed by atoms with Crippen LogP contribution < -0.4 is 0 Å². The summed E-state index contributed by atoms with van der Waals surface area (Å²) in [5.41, 5.74) is 0.861. The molecule has 2 aliphatic rings. The van der Waals surface area contributed by atoms with Gasteiger partial charge in [0.15, 0.2) is 5.76 Å². The molecule has 0 spiro atoms. The lowest BCUT2D eigenvalue weighted by molar-refractivity contribution is -0.145. The van der Waals surface area contributed by atoms with E-state index in [0.717, 1.165) is 24.2 Å². The molecule has 0 bridgehead atoms. The Morgan fingerprint density at radius 1 is 1.22 bits per heavy atom. The van der Waals surface area contributed by atoms with Crippen LogP contribution in [0.15, 0.2) is 10.5 Å². The van der Waals surface area contributed by atoms with E-state index in [4.69, 9.17) is 9.15 Å². The summed E-state index contributed by atoms with van der Waals surface area (Å²) in [6, 6.07) is 1.86. The molecule has 1 aromatic heterocycles. The van der Waals surface area contributed by atoms with E-state index in [-0.39, 0.29) is 17.9 Å². The van der Waals surface area contributed by atoms with Crippen molar-refractivity contribution in [1.29, 1.82) is 0 Å². The smallest absolute Gasteiger partial charge is 0.309 e. The zero-order chi connectivity index (χ0) is 16.6. The van der Waals surface area contributed by atoms with Crippen LogP contribution in [0.2, 0.25) is 0 Å². The molecule has 3 rings (SSSR count). The molecule has 126 valence electrons. The minimum Gasteiger partial charge on any atom is -0.481 e.